The molecule has 2 amide bonds. The Hall–Kier alpha value is -1.60. The Bertz CT molecular complexity index is 394. The molecule has 1 aromatic rings. The number of carbonyl (C=O) groups excluding carboxylic acids is 1. The van der Waals surface area contributed by atoms with Crippen LogP contribution in [-0.2, 0) is 16.0 Å². The van der Waals surface area contributed by atoms with Crippen LogP contribution >= 0.6 is 11.3 Å². The molecule has 1 unspecified atom stereocenters. The van der Waals surface area contributed by atoms with Crippen molar-refractivity contribution in [2.45, 2.75) is 19.4 Å². The summed E-state index contributed by atoms with van der Waals surface area (Å²) in [5, 5.41) is 15.7. The summed E-state index contributed by atoms with van der Waals surface area (Å²) in [7, 11) is 0. The van der Waals surface area contributed by atoms with E-state index in [4.69, 9.17) is 9.84 Å². The molecular weight excluding hydrogens is 268 g/mol. The van der Waals surface area contributed by atoms with Gasteiger partial charge >= 0.3 is 12.0 Å². The molecule has 0 aliphatic heterocycles. The molecule has 0 aliphatic carbocycles. The summed E-state index contributed by atoms with van der Waals surface area (Å²) in [6, 6.07) is 3.77. The van der Waals surface area contributed by atoms with Gasteiger partial charge in [-0.15, -0.1) is 11.3 Å². The van der Waals surface area contributed by atoms with Gasteiger partial charge in [-0.3, -0.25) is 0 Å². The molecule has 1 atom stereocenters. The minimum Gasteiger partial charge on any atom is -0.480 e. The van der Waals surface area contributed by atoms with Gasteiger partial charge in [0.25, 0.3) is 0 Å². The van der Waals surface area contributed by atoms with Crippen molar-refractivity contribution in [3.05, 3.63) is 22.4 Å². The SMILES string of the molecule is CC(Cc1cccs1)NC(=O)NCCOCC(=O)O. The van der Waals surface area contributed by atoms with Crippen LogP contribution in [0.25, 0.3) is 0 Å². The van der Waals surface area contributed by atoms with E-state index in [2.05, 4.69) is 10.6 Å². The Morgan fingerprint density at radius 2 is 2.32 bits per heavy atom. The van der Waals surface area contributed by atoms with Crippen LogP contribution in [0.1, 0.15) is 11.8 Å². The first-order chi connectivity index (χ1) is 9.08. The van der Waals surface area contributed by atoms with E-state index in [0.29, 0.717) is 0 Å². The molecule has 106 valence electrons. The lowest BCUT2D eigenvalue weighted by Crippen LogP contribution is -2.42. The van der Waals surface area contributed by atoms with E-state index >= 15 is 0 Å². The van der Waals surface area contributed by atoms with Crippen LogP contribution in [0.4, 0.5) is 4.79 Å². The predicted molar refractivity (Wildman–Crippen MR) is 72.5 cm³/mol. The van der Waals surface area contributed by atoms with Crippen molar-refractivity contribution in [2.75, 3.05) is 19.8 Å². The normalized spacial score (nSPS) is 11.8. The van der Waals surface area contributed by atoms with Gasteiger partial charge in [0, 0.05) is 23.9 Å². The van der Waals surface area contributed by atoms with Crippen molar-refractivity contribution in [3.8, 4) is 0 Å². The lowest BCUT2D eigenvalue weighted by atomic mass is 10.2. The summed E-state index contributed by atoms with van der Waals surface area (Å²) in [5.74, 6) is -1.02. The Morgan fingerprint density at radius 3 is 2.95 bits per heavy atom. The zero-order valence-corrected chi connectivity index (χ0v) is 11.5. The fourth-order valence-electron chi connectivity index (χ4n) is 1.45. The van der Waals surface area contributed by atoms with Crippen LogP contribution in [-0.4, -0.2) is 42.9 Å². The number of rotatable bonds is 8. The van der Waals surface area contributed by atoms with E-state index in [1.54, 1.807) is 11.3 Å². The molecule has 0 aliphatic rings. The number of urea groups is 1. The van der Waals surface area contributed by atoms with Crippen molar-refractivity contribution in [1.29, 1.82) is 0 Å². The molecule has 0 spiro atoms. The molecule has 19 heavy (non-hydrogen) atoms. The zero-order valence-electron chi connectivity index (χ0n) is 10.7. The number of amides is 2. The second kappa shape index (κ2) is 8.49. The molecule has 1 aromatic heterocycles. The van der Waals surface area contributed by atoms with Gasteiger partial charge in [-0.1, -0.05) is 6.07 Å². The van der Waals surface area contributed by atoms with E-state index < -0.39 is 5.97 Å². The highest BCUT2D eigenvalue weighted by atomic mass is 32.1. The van der Waals surface area contributed by atoms with Crippen LogP contribution in [0.15, 0.2) is 17.5 Å². The first kappa shape index (κ1) is 15.5. The van der Waals surface area contributed by atoms with Crippen LogP contribution in [0.3, 0.4) is 0 Å². The standard InChI is InChI=1S/C12H18N2O4S/c1-9(7-10-3-2-6-19-10)14-12(17)13-4-5-18-8-11(15)16/h2-3,6,9H,4-5,7-8H2,1H3,(H,15,16)(H2,13,14,17). The molecule has 7 heteroatoms. The van der Waals surface area contributed by atoms with Crippen LogP contribution in [0.2, 0.25) is 0 Å². The maximum atomic E-state index is 11.5. The number of carboxylic acids is 1. The number of ether oxygens (including phenoxy) is 1. The fourth-order valence-corrected chi connectivity index (χ4v) is 2.29. The molecule has 1 heterocycles. The van der Waals surface area contributed by atoms with Gasteiger partial charge in [0.15, 0.2) is 0 Å². The predicted octanol–water partition coefficient (Wildman–Crippen LogP) is 1.08. The Morgan fingerprint density at radius 1 is 1.53 bits per heavy atom. The van der Waals surface area contributed by atoms with Gasteiger partial charge in [0.1, 0.15) is 6.61 Å². The molecular formula is C12H18N2O4S. The monoisotopic (exact) mass is 286 g/mol. The third-order valence-corrected chi connectivity index (χ3v) is 3.12. The number of hydrogen-bond acceptors (Lipinski definition) is 4. The van der Waals surface area contributed by atoms with Crippen molar-refractivity contribution in [1.82, 2.24) is 10.6 Å². The topological polar surface area (TPSA) is 87.7 Å². The largest absolute Gasteiger partial charge is 0.480 e. The van der Waals surface area contributed by atoms with E-state index in [0.717, 1.165) is 6.42 Å². The third-order valence-electron chi connectivity index (χ3n) is 2.22. The number of carboxylic acid groups (broad SMARTS) is 1. The molecule has 1 rings (SSSR count). The Kier molecular flexibility index (Phi) is 6.91. The molecule has 0 bridgehead atoms. The van der Waals surface area contributed by atoms with Crippen LogP contribution in [0, 0.1) is 0 Å². The summed E-state index contributed by atoms with van der Waals surface area (Å²) in [4.78, 5) is 22.9. The first-order valence-corrected chi connectivity index (χ1v) is 6.82. The molecule has 0 fully saturated rings. The van der Waals surface area contributed by atoms with E-state index in [1.807, 2.05) is 24.4 Å². The lowest BCUT2D eigenvalue weighted by Gasteiger charge is -2.13. The highest BCUT2D eigenvalue weighted by Crippen LogP contribution is 2.10. The zero-order chi connectivity index (χ0) is 14.1. The highest BCUT2D eigenvalue weighted by molar-refractivity contribution is 7.09. The van der Waals surface area contributed by atoms with Crippen molar-refractivity contribution < 1.29 is 19.4 Å². The third kappa shape index (κ3) is 7.43. The van der Waals surface area contributed by atoms with Crippen molar-refractivity contribution >= 4 is 23.3 Å². The molecule has 0 radical (unpaired) electrons. The number of hydrogen-bond donors (Lipinski definition) is 3. The maximum absolute atomic E-state index is 11.5. The van der Waals surface area contributed by atoms with Crippen LogP contribution < -0.4 is 10.6 Å². The highest BCUT2D eigenvalue weighted by Gasteiger charge is 2.08. The Balaban J connectivity index is 2.08. The Labute approximate surface area is 115 Å². The summed E-state index contributed by atoms with van der Waals surface area (Å²) >= 11 is 1.66. The second-order valence-electron chi connectivity index (χ2n) is 4.03. The summed E-state index contributed by atoms with van der Waals surface area (Å²) in [6.45, 7) is 2.04. The molecule has 3 N–H and O–H groups in total. The fraction of sp³-hybridized carbons (Fsp3) is 0.500. The quantitative estimate of drug-likeness (QED) is 0.624. The smallest absolute Gasteiger partial charge is 0.329 e. The maximum Gasteiger partial charge on any atom is 0.329 e. The molecule has 0 saturated heterocycles. The van der Waals surface area contributed by atoms with Crippen molar-refractivity contribution in [2.24, 2.45) is 0 Å². The van der Waals surface area contributed by atoms with E-state index in [9.17, 15) is 9.59 Å². The second-order valence-corrected chi connectivity index (χ2v) is 5.06. The van der Waals surface area contributed by atoms with Gasteiger partial charge in [-0.25, -0.2) is 9.59 Å². The number of nitrogens with one attached hydrogen (secondary N) is 2. The van der Waals surface area contributed by atoms with Gasteiger partial charge in [-0.2, -0.15) is 0 Å². The van der Waals surface area contributed by atoms with E-state index in [1.165, 1.54) is 4.88 Å². The first-order valence-electron chi connectivity index (χ1n) is 5.94. The molecule has 0 aromatic carbocycles. The average molecular weight is 286 g/mol. The van der Waals surface area contributed by atoms with Gasteiger partial charge in [0.05, 0.1) is 6.61 Å². The summed E-state index contributed by atoms with van der Waals surface area (Å²) in [5.41, 5.74) is 0. The van der Waals surface area contributed by atoms with Gasteiger partial charge in [0.2, 0.25) is 0 Å². The minimum atomic E-state index is -1.02. The number of aliphatic carboxylic acids is 1. The minimum absolute atomic E-state index is 0.0404. The average Bonchev–Trinajstić information content (AvgIpc) is 2.80. The number of carbonyl (C=O) groups is 2. The van der Waals surface area contributed by atoms with E-state index in [-0.39, 0.29) is 31.8 Å². The number of thiophene rings is 1. The van der Waals surface area contributed by atoms with Crippen molar-refractivity contribution in [3.63, 3.8) is 0 Å². The van der Waals surface area contributed by atoms with Crippen LogP contribution in [0.5, 0.6) is 0 Å². The lowest BCUT2D eigenvalue weighted by molar-refractivity contribution is -0.142. The molecule has 0 saturated carbocycles. The van der Waals surface area contributed by atoms with Gasteiger partial charge < -0.3 is 20.5 Å². The summed E-state index contributed by atoms with van der Waals surface area (Å²) in [6.07, 6.45) is 0.792. The summed E-state index contributed by atoms with van der Waals surface area (Å²) < 4.78 is 4.80. The molecule has 6 nitrogen and oxygen atoms in total. The van der Waals surface area contributed by atoms with Gasteiger partial charge in [-0.05, 0) is 18.4 Å².